The third-order valence-electron chi connectivity index (χ3n) is 2.17. The molecule has 0 heterocycles. The molecule has 0 aromatic carbocycles. The Labute approximate surface area is 94.5 Å². The number of hydrogen-bond donors (Lipinski definition) is 1. The van der Waals surface area contributed by atoms with Crippen molar-refractivity contribution in [1.29, 1.82) is 0 Å². The van der Waals surface area contributed by atoms with Crippen molar-refractivity contribution in [2.24, 2.45) is 0 Å². The number of sulfonamides is 1. The highest BCUT2D eigenvalue weighted by molar-refractivity contribution is 9.10. The fourth-order valence-corrected chi connectivity index (χ4v) is 3.43. The lowest BCUT2D eigenvalue weighted by molar-refractivity contribution is 0.220. The molecule has 0 fully saturated rings. The highest BCUT2D eigenvalue weighted by atomic mass is 79.9. The largest absolute Gasteiger partial charge is 0.395 e. The molecule has 0 amide bonds. The fourth-order valence-electron chi connectivity index (χ4n) is 1.41. The summed E-state index contributed by atoms with van der Waals surface area (Å²) in [6.45, 7) is 3.94. The summed E-state index contributed by atoms with van der Waals surface area (Å²) in [6, 6.07) is -0.00954. The standard InChI is InChI=1S/C8H18BrNO3S/c1-3-8(4-2)10(5-6-11)14(12,13)7-9/h8,11H,3-7H2,1-2H3. The van der Waals surface area contributed by atoms with Crippen LogP contribution in [-0.4, -0.2) is 41.7 Å². The Hall–Kier alpha value is 0.350. The van der Waals surface area contributed by atoms with Gasteiger partial charge in [-0.2, -0.15) is 4.31 Å². The van der Waals surface area contributed by atoms with Crippen LogP contribution in [0.25, 0.3) is 0 Å². The van der Waals surface area contributed by atoms with Crippen LogP contribution in [0.5, 0.6) is 0 Å². The second-order valence-corrected chi connectivity index (χ2v) is 6.25. The zero-order valence-corrected chi connectivity index (χ0v) is 11.0. The number of nitrogens with zero attached hydrogens (tertiary/aromatic N) is 1. The highest BCUT2D eigenvalue weighted by Gasteiger charge is 2.26. The molecule has 0 saturated carbocycles. The van der Waals surface area contributed by atoms with Crippen molar-refractivity contribution in [2.75, 3.05) is 17.8 Å². The Balaban J connectivity index is 4.74. The van der Waals surface area contributed by atoms with E-state index in [1.807, 2.05) is 13.8 Å². The van der Waals surface area contributed by atoms with E-state index in [2.05, 4.69) is 15.9 Å². The molecule has 0 aromatic heterocycles. The Bertz CT molecular complexity index is 239. The minimum absolute atomic E-state index is 0.00954. The maximum absolute atomic E-state index is 11.6. The molecule has 0 radical (unpaired) electrons. The van der Waals surface area contributed by atoms with Crippen LogP contribution >= 0.6 is 15.9 Å². The fraction of sp³-hybridized carbons (Fsp3) is 1.00. The first-order valence-corrected chi connectivity index (χ1v) is 7.42. The van der Waals surface area contributed by atoms with Crippen LogP contribution in [0.1, 0.15) is 26.7 Å². The van der Waals surface area contributed by atoms with Gasteiger partial charge in [-0.05, 0) is 12.8 Å². The monoisotopic (exact) mass is 287 g/mol. The van der Waals surface area contributed by atoms with Crippen LogP contribution in [0.15, 0.2) is 0 Å². The van der Waals surface area contributed by atoms with Crippen molar-refractivity contribution in [1.82, 2.24) is 4.31 Å². The molecule has 0 aliphatic rings. The normalized spacial score (nSPS) is 12.7. The van der Waals surface area contributed by atoms with Crippen LogP contribution in [0.4, 0.5) is 0 Å². The topological polar surface area (TPSA) is 57.6 Å². The molecular formula is C8H18BrNO3S. The van der Waals surface area contributed by atoms with Gasteiger partial charge in [-0.15, -0.1) is 0 Å². The molecule has 86 valence electrons. The van der Waals surface area contributed by atoms with Crippen LogP contribution in [0.2, 0.25) is 0 Å². The summed E-state index contributed by atoms with van der Waals surface area (Å²) in [5.41, 5.74) is 0. The second kappa shape index (κ2) is 6.76. The van der Waals surface area contributed by atoms with Crippen molar-refractivity contribution in [3.05, 3.63) is 0 Å². The first-order chi connectivity index (χ1) is 6.53. The predicted octanol–water partition coefficient (Wildman–Crippen LogP) is 1.15. The first kappa shape index (κ1) is 14.3. The summed E-state index contributed by atoms with van der Waals surface area (Å²) in [7, 11) is -3.26. The van der Waals surface area contributed by atoms with Gasteiger partial charge in [0, 0.05) is 12.6 Å². The smallest absolute Gasteiger partial charge is 0.224 e. The van der Waals surface area contributed by atoms with Gasteiger partial charge >= 0.3 is 0 Å². The zero-order chi connectivity index (χ0) is 11.2. The summed E-state index contributed by atoms with van der Waals surface area (Å²) >= 11 is 2.96. The average Bonchev–Trinajstić information content (AvgIpc) is 2.18. The molecule has 4 nitrogen and oxygen atoms in total. The van der Waals surface area contributed by atoms with E-state index in [1.54, 1.807) is 0 Å². The second-order valence-electron chi connectivity index (χ2n) is 3.03. The number of aliphatic hydroxyl groups excluding tert-OH is 1. The van der Waals surface area contributed by atoms with Gasteiger partial charge in [-0.3, -0.25) is 0 Å². The van der Waals surface area contributed by atoms with Gasteiger partial charge in [-0.1, -0.05) is 29.8 Å². The number of rotatable bonds is 7. The van der Waals surface area contributed by atoms with E-state index in [-0.39, 0.29) is 23.9 Å². The lowest BCUT2D eigenvalue weighted by atomic mass is 10.2. The van der Waals surface area contributed by atoms with Crippen molar-refractivity contribution >= 4 is 26.0 Å². The van der Waals surface area contributed by atoms with Crippen LogP contribution in [0.3, 0.4) is 0 Å². The Kier molecular flexibility index (Phi) is 6.93. The Morgan fingerprint density at radius 2 is 1.86 bits per heavy atom. The van der Waals surface area contributed by atoms with Gasteiger partial charge in [0.15, 0.2) is 0 Å². The molecule has 0 aliphatic heterocycles. The molecule has 6 heteroatoms. The molecule has 14 heavy (non-hydrogen) atoms. The summed E-state index contributed by atoms with van der Waals surface area (Å²) in [5, 5.41) is 8.81. The minimum atomic E-state index is -3.26. The van der Waals surface area contributed by atoms with Crippen LogP contribution < -0.4 is 0 Å². The average molecular weight is 288 g/mol. The van der Waals surface area contributed by atoms with Gasteiger partial charge in [0.2, 0.25) is 10.0 Å². The van der Waals surface area contributed by atoms with E-state index in [0.29, 0.717) is 0 Å². The molecule has 1 N–H and O–H groups in total. The maximum Gasteiger partial charge on any atom is 0.224 e. The third kappa shape index (κ3) is 3.84. The molecular weight excluding hydrogens is 270 g/mol. The van der Waals surface area contributed by atoms with E-state index in [1.165, 1.54) is 4.31 Å². The third-order valence-corrected chi connectivity index (χ3v) is 5.37. The molecule has 0 aromatic rings. The number of hydrogen-bond acceptors (Lipinski definition) is 3. The summed E-state index contributed by atoms with van der Waals surface area (Å²) < 4.78 is 24.5. The minimum Gasteiger partial charge on any atom is -0.395 e. The molecule has 0 bridgehead atoms. The lowest BCUT2D eigenvalue weighted by Crippen LogP contribution is -2.41. The maximum atomic E-state index is 11.6. The van der Waals surface area contributed by atoms with Gasteiger partial charge in [0.1, 0.15) is 4.66 Å². The van der Waals surface area contributed by atoms with Crippen molar-refractivity contribution in [3.63, 3.8) is 0 Å². The van der Waals surface area contributed by atoms with Gasteiger partial charge < -0.3 is 5.11 Å². The lowest BCUT2D eigenvalue weighted by Gasteiger charge is -2.28. The van der Waals surface area contributed by atoms with Gasteiger partial charge in [0.25, 0.3) is 0 Å². The number of alkyl halides is 1. The zero-order valence-electron chi connectivity index (χ0n) is 8.61. The SMILES string of the molecule is CCC(CC)N(CCO)S(=O)(=O)CBr. The highest BCUT2D eigenvalue weighted by Crippen LogP contribution is 2.15. The van der Waals surface area contributed by atoms with Crippen molar-refractivity contribution in [3.8, 4) is 0 Å². The molecule has 0 saturated heterocycles. The number of halogens is 1. The van der Waals surface area contributed by atoms with E-state index in [4.69, 9.17) is 5.11 Å². The first-order valence-electron chi connectivity index (χ1n) is 4.69. The molecule has 0 rings (SSSR count). The Morgan fingerprint density at radius 1 is 1.36 bits per heavy atom. The Morgan fingerprint density at radius 3 is 2.14 bits per heavy atom. The van der Waals surface area contributed by atoms with E-state index in [0.717, 1.165) is 12.8 Å². The molecule has 0 atom stereocenters. The van der Waals surface area contributed by atoms with Crippen molar-refractivity contribution in [2.45, 2.75) is 32.7 Å². The van der Waals surface area contributed by atoms with E-state index in [9.17, 15) is 8.42 Å². The van der Waals surface area contributed by atoms with Crippen LogP contribution in [0, 0.1) is 0 Å². The van der Waals surface area contributed by atoms with Gasteiger partial charge in [0.05, 0.1) is 6.61 Å². The number of aliphatic hydroxyl groups is 1. The van der Waals surface area contributed by atoms with Crippen LogP contribution in [-0.2, 0) is 10.0 Å². The van der Waals surface area contributed by atoms with Gasteiger partial charge in [-0.25, -0.2) is 8.42 Å². The van der Waals surface area contributed by atoms with E-state index >= 15 is 0 Å². The van der Waals surface area contributed by atoms with Crippen molar-refractivity contribution < 1.29 is 13.5 Å². The molecule has 0 spiro atoms. The summed E-state index contributed by atoms with van der Waals surface area (Å²) in [4.78, 5) is 0. The summed E-state index contributed by atoms with van der Waals surface area (Å²) in [5.74, 6) is 0. The predicted molar refractivity (Wildman–Crippen MR) is 60.9 cm³/mol. The molecule has 0 unspecified atom stereocenters. The molecule has 0 aliphatic carbocycles. The quantitative estimate of drug-likeness (QED) is 0.715. The van der Waals surface area contributed by atoms with E-state index < -0.39 is 10.0 Å². The summed E-state index contributed by atoms with van der Waals surface area (Å²) in [6.07, 6.45) is 1.53.